The molecule has 0 fully saturated rings. The number of thiazole rings is 1. The van der Waals surface area contributed by atoms with Gasteiger partial charge in [0.25, 0.3) is 5.56 Å². The SMILES string of the molecule is Cc1csc(NC(=O)CCSCc2nc3sc4c(c3c(=O)[nH]2)CCCC4)n1. The average molecular weight is 421 g/mol. The lowest BCUT2D eigenvalue weighted by molar-refractivity contribution is -0.115. The zero-order chi connectivity index (χ0) is 18.8. The predicted molar refractivity (Wildman–Crippen MR) is 113 cm³/mol. The number of thioether (sulfide) groups is 1. The van der Waals surface area contributed by atoms with Crippen LogP contribution in [0.15, 0.2) is 10.2 Å². The largest absolute Gasteiger partial charge is 0.309 e. The number of rotatable bonds is 6. The molecule has 0 saturated heterocycles. The van der Waals surface area contributed by atoms with Crippen molar-refractivity contribution in [1.82, 2.24) is 15.0 Å². The van der Waals surface area contributed by atoms with Crippen molar-refractivity contribution < 1.29 is 4.79 Å². The van der Waals surface area contributed by atoms with Crippen molar-refractivity contribution in [3.8, 4) is 0 Å². The number of aromatic amines is 1. The van der Waals surface area contributed by atoms with Crippen LogP contribution in [0.25, 0.3) is 10.2 Å². The number of fused-ring (bicyclic) bond motifs is 3. The Morgan fingerprint density at radius 1 is 1.33 bits per heavy atom. The third-order valence-corrected chi connectivity index (χ3v) is 7.48. The maximum Gasteiger partial charge on any atom is 0.259 e. The molecule has 1 aliphatic carbocycles. The van der Waals surface area contributed by atoms with E-state index in [4.69, 9.17) is 0 Å². The zero-order valence-corrected chi connectivity index (χ0v) is 17.4. The molecule has 0 unspecified atom stereocenters. The van der Waals surface area contributed by atoms with Crippen LogP contribution >= 0.6 is 34.4 Å². The number of nitrogens with one attached hydrogen (secondary N) is 2. The summed E-state index contributed by atoms with van der Waals surface area (Å²) in [6, 6.07) is 0. The lowest BCUT2D eigenvalue weighted by atomic mass is 9.97. The van der Waals surface area contributed by atoms with E-state index >= 15 is 0 Å². The van der Waals surface area contributed by atoms with Crippen molar-refractivity contribution in [1.29, 1.82) is 0 Å². The molecule has 0 spiro atoms. The standard InChI is InChI=1S/C18H20N4O2S3/c1-10-8-26-18(19-10)22-14(23)6-7-25-9-13-20-16(24)15-11-4-2-3-5-12(11)27-17(15)21-13/h8H,2-7,9H2,1H3,(H,19,22,23)(H,20,21,24). The molecule has 0 bridgehead atoms. The van der Waals surface area contributed by atoms with Gasteiger partial charge < -0.3 is 10.3 Å². The molecule has 0 radical (unpaired) electrons. The Labute approximate surface area is 168 Å². The summed E-state index contributed by atoms with van der Waals surface area (Å²) in [7, 11) is 0. The van der Waals surface area contributed by atoms with Crippen LogP contribution in [0.5, 0.6) is 0 Å². The number of H-pyrrole nitrogens is 1. The number of carbonyl (C=O) groups excluding carboxylic acids is 1. The van der Waals surface area contributed by atoms with Crippen molar-refractivity contribution in [3.05, 3.63) is 37.7 Å². The summed E-state index contributed by atoms with van der Waals surface area (Å²) in [4.78, 5) is 38.5. The highest BCUT2D eigenvalue weighted by Gasteiger charge is 2.19. The molecule has 6 nitrogen and oxygen atoms in total. The van der Waals surface area contributed by atoms with Crippen LogP contribution in [0.4, 0.5) is 5.13 Å². The number of hydrogen-bond acceptors (Lipinski definition) is 7. The first-order valence-corrected chi connectivity index (χ1v) is 11.8. The smallest absolute Gasteiger partial charge is 0.259 e. The molecule has 3 aromatic rings. The van der Waals surface area contributed by atoms with Gasteiger partial charge in [-0.2, -0.15) is 11.8 Å². The van der Waals surface area contributed by atoms with Crippen LogP contribution in [0.1, 0.15) is 41.2 Å². The molecule has 3 heterocycles. The predicted octanol–water partition coefficient (Wildman–Crippen LogP) is 3.89. The fourth-order valence-electron chi connectivity index (χ4n) is 3.20. The van der Waals surface area contributed by atoms with E-state index in [0.29, 0.717) is 28.9 Å². The monoisotopic (exact) mass is 420 g/mol. The molecule has 3 aromatic heterocycles. The van der Waals surface area contributed by atoms with E-state index in [1.165, 1.54) is 28.2 Å². The highest BCUT2D eigenvalue weighted by Crippen LogP contribution is 2.33. The van der Waals surface area contributed by atoms with Gasteiger partial charge in [-0.15, -0.1) is 22.7 Å². The first-order valence-electron chi connectivity index (χ1n) is 8.93. The minimum absolute atomic E-state index is 0.0214. The molecule has 2 N–H and O–H groups in total. The van der Waals surface area contributed by atoms with Gasteiger partial charge >= 0.3 is 0 Å². The van der Waals surface area contributed by atoms with Crippen LogP contribution in [0.3, 0.4) is 0 Å². The van der Waals surface area contributed by atoms with Crippen molar-refractivity contribution in [2.45, 2.75) is 44.8 Å². The van der Waals surface area contributed by atoms with Gasteiger partial charge in [0, 0.05) is 22.4 Å². The second-order valence-corrected chi connectivity index (χ2v) is 9.60. The van der Waals surface area contributed by atoms with E-state index in [1.807, 2.05) is 12.3 Å². The average Bonchev–Trinajstić information content (AvgIpc) is 3.21. The molecule has 0 aromatic carbocycles. The van der Waals surface area contributed by atoms with Crippen LogP contribution in [-0.4, -0.2) is 26.6 Å². The van der Waals surface area contributed by atoms with Crippen LogP contribution in [0, 0.1) is 6.92 Å². The summed E-state index contributed by atoms with van der Waals surface area (Å²) in [5, 5.41) is 6.15. The Bertz CT molecular complexity index is 1040. The zero-order valence-electron chi connectivity index (χ0n) is 15.0. The van der Waals surface area contributed by atoms with Gasteiger partial charge in [-0.25, -0.2) is 9.97 Å². The van der Waals surface area contributed by atoms with Crippen molar-refractivity contribution in [2.75, 3.05) is 11.1 Å². The van der Waals surface area contributed by atoms with E-state index in [9.17, 15) is 9.59 Å². The van der Waals surface area contributed by atoms with Crippen molar-refractivity contribution in [2.24, 2.45) is 0 Å². The molecular formula is C18H20N4O2S3. The summed E-state index contributed by atoms with van der Waals surface area (Å²) >= 11 is 4.69. The molecular weight excluding hydrogens is 400 g/mol. The highest BCUT2D eigenvalue weighted by atomic mass is 32.2. The third-order valence-electron chi connectivity index (χ3n) is 4.45. The summed E-state index contributed by atoms with van der Waals surface area (Å²) in [6.07, 6.45) is 4.81. The fraction of sp³-hybridized carbons (Fsp3) is 0.444. The number of aromatic nitrogens is 3. The van der Waals surface area contributed by atoms with Crippen molar-refractivity contribution >= 4 is 55.7 Å². The maximum atomic E-state index is 12.5. The van der Waals surface area contributed by atoms with Gasteiger partial charge in [-0.3, -0.25) is 9.59 Å². The number of thiophene rings is 1. The van der Waals surface area contributed by atoms with Gasteiger partial charge in [0.15, 0.2) is 5.13 Å². The second-order valence-electron chi connectivity index (χ2n) is 6.55. The first kappa shape index (κ1) is 18.6. The maximum absolute atomic E-state index is 12.5. The Morgan fingerprint density at radius 2 is 2.19 bits per heavy atom. The molecule has 9 heteroatoms. The Morgan fingerprint density at radius 3 is 3.00 bits per heavy atom. The molecule has 0 aliphatic heterocycles. The van der Waals surface area contributed by atoms with E-state index < -0.39 is 0 Å². The molecule has 142 valence electrons. The highest BCUT2D eigenvalue weighted by molar-refractivity contribution is 7.98. The van der Waals surface area contributed by atoms with E-state index in [2.05, 4.69) is 20.3 Å². The molecule has 1 aliphatic rings. The number of aryl methyl sites for hydroxylation is 3. The van der Waals surface area contributed by atoms with Gasteiger partial charge in [0.2, 0.25) is 5.91 Å². The third kappa shape index (κ3) is 4.25. The summed E-state index contributed by atoms with van der Waals surface area (Å²) < 4.78 is 0. The van der Waals surface area contributed by atoms with E-state index in [1.54, 1.807) is 23.1 Å². The van der Waals surface area contributed by atoms with E-state index in [0.717, 1.165) is 35.2 Å². The molecule has 0 saturated carbocycles. The second kappa shape index (κ2) is 8.12. The lowest BCUT2D eigenvalue weighted by Crippen LogP contribution is -2.13. The Balaban J connectivity index is 1.34. The molecule has 1 amide bonds. The summed E-state index contributed by atoms with van der Waals surface area (Å²) in [5.41, 5.74) is 2.10. The van der Waals surface area contributed by atoms with Crippen molar-refractivity contribution in [3.63, 3.8) is 0 Å². The lowest BCUT2D eigenvalue weighted by Gasteiger charge is -2.09. The Kier molecular flexibility index (Phi) is 5.60. The van der Waals surface area contributed by atoms with Crippen LogP contribution < -0.4 is 10.9 Å². The number of nitrogens with zero attached hydrogens (tertiary/aromatic N) is 2. The van der Waals surface area contributed by atoms with E-state index in [-0.39, 0.29) is 11.5 Å². The van der Waals surface area contributed by atoms with Gasteiger partial charge in [-0.05, 0) is 38.2 Å². The first-order chi connectivity index (χ1) is 13.1. The number of amides is 1. The normalized spacial score (nSPS) is 13.7. The Hall–Kier alpha value is -1.71. The minimum atomic E-state index is -0.0420. The minimum Gasteiger partial charge on any atom is -0.309 e. The topological polar surface area (TPSA) is 87.7 Å². The van der Waals surface area contributed by atoms with Crippen LogP contribution in [-0.2, 0) is 23.4 Å². The van der Waals surface area contributed by atoms with Gasteiger partial charge in [0.1, 0.15) is 10.7 Å². The van der Waals surface area contributed by atoms with Crippen LogP contribution in [0.2, 0.25) is 0 Å². The number of anilines is 1. The fourth-order valence-corrected chi connectivity index (χ4v) is 5.99. The molecule has 27 heavy (non-hydrogen) atoms. The summed E-state index contributed by atoms with van der Waals surface area (Å²) in [5.74, 6) is 1.91. The van der Waals surface area contributed by atoms with Gasteiger partial charge in [0.05, 0.1) is 16.8 Å². The molecule has 4 rings (SSSR count). The summed E-state index contributed by atoms with van der Waals surface area (Å²) in [6.45, 7) is 1.90. The number of hydrogen-bond donors (Lipinski definition) is 2. The van der Waals surface area contributed by atoms with Gasteiger partial charge in [-0.1, -0.05) is 0 Å². The quantitative estimate of drug-likeness (QED) is 0.591. The molecule has 0 atom stereocenters. The number of carbonyl (C=O) groups is 1.